The van der Waals surface area contributed by atoms with Crippen LogP contribution in [-0.2, 0) is 5.75 Å². The van der Waals surface area contributed by atoms with Gasteiger partial charge in [0.05, 0.1) is 0 Å². The van der Waals surface area contributed by atoms with Crippen LogP contribution in [-0.4, -0.2) is 5.75 Å². The molecule has 2 N–H and O–H groups in total. The van der Waals surface area contributed by atoms with Crippen molar-refractivity contribution in [1.82, 2.24) is 0 Å². The van der Waals surface area contributed by atoms with Crippen molar-refractivity contribution in [1.29, 1.82) is 0 Å². The Morgan fingerprint density at radius 3 is 3.07 bits per heavy atom. The summed E-state index contributed by atoms with van der Waals surface area (Å²) >= 11 is 5.04. The summed E-state index contributed by atoms with van der Waals surface area (Å²) in [6.07, 6.45) is 0.924. The lowest BCUT2D eigenvalue weighted by Crippen LogP contribution is -2.12. The summed E-state index contributed by atoms with van der Waals surface area (Å²) in [4.78, 5) is 0. The molecule has 1 aromatic rings. The van der Waals surface area contributed by atoms with E-state index in [9.17, 15) is 4.39 Å². The Labute approximate surface area is 95.4 Å². The smallest absolute Gasteiger partial charge is 0.128 e. The number of rotatable bonds is 0. The molecule has 1 aromatic carbocycles. The van der Waals surface area contributed by atoms with Crippen LogP contribution in [0, 0.1) is 5.82 Å². The number of thioether (sulfide) groups is 1. The first-order chi connectivity index (χ1) is 6.68. The van der Waals surface area contributed by atoms with E-state index >= 15 is 0 Å². The number of benzene rings is 1. The van der Waals surface area contributed by atoms with Crippen molar-refractivity contribution >= 4 is 27.7 Å². The van der Waals surface area contributed by atoms with Gasteiger partial charge in [-0.1, -0.05) is 15.9 Å². The average Bonchev–Trinajstić information content (AvgIpc) is 2.29. The van der Waals surface area contributed by atoms with E-state index in [2.05, 4.69) is 15.9 Å². The van der Waals surface area contributed by atoms with Crippen molar-refractivity contribution in [2.24, 2.45) is 5.73 Å². The van der Waals surface area contributed by atoms with E-state index in [1.165, 1.54) is 6.07 Å². The second-order valence-corrected chi connectivity index (χ2v) is 5.42. The summed E-state index contributed by atoms with van der Waals surface area (Å²) in [5, 5.41) is 0. The van der Waals surface area contributed by atoms with Gasteiger partial charge in [-0.05, 0) is 29.9 Å². The van der Waals surface area contributed by atoms with E-state index in [0.29, 0.717) is 0 Å². The zero-order valence-electron chi connectivity index (χ0n) is 7.59. The summed E-state index contributed by atoms with van der Waals surface area (Å²) in [6, 6.07) is 3.43. The summed E-state index contributed by atoms with van der Waals surface area (Å²) in [5.74, 6) is 1.61. The Balaban J connectivity index is 2.53. The SMILES string of the molecule is NC1CCSCc2c(F)cc(Br)cc21. The number of halogens is 2. The maximum atomic E-state index is 13.6. The lowest BCUT2D eigenvalue weighted by Gasteiger charge is -2.13. The molecule has 0 radical (unpaired) electrons. The first-order valence-corrected chi connectivity index (χ1v) is 6.44. The fourth-order valence-electron chi connectivity index (χ4n) is 1.65. The summed E-state index contributed by atoms with van der Waals surface area (Å²) < 4.78 is 14.4. The molecule has 0 bridgehead atoms. The molecule has 4 heteroatoms. The average molecular weight is 276 g/mol. The molecule has 0 amide bonds. The summed E-state index contributed by atoms with van der Waals surface area (Å²) in [6.45, 7) is 0. The standard InChI is InChI=1S/C10H11BrFNS/c11-6-3-7-8(9(12)4-6)5-14-2-1-10(7)13/h3-4,10H,1-2,5,13H2. The largest absolute Gasteiger partial charge is 0.324 e. The van der Waals surface area contributed by atoms with Gasteiger partial charge in [-0.3, -0.25) is 0 Å². The second-order valence-electron chi connectivity index (χ2n) is 3.40. The maximum absolute atomic E-state index is 13.6. The van der Waals surface area contributed by atoms with Crippen LogP contribution < -0.4 is 5.73 Å². The molecular weight excluding hydrogens is 265 g/mol. The van der Waals surface area contributed by atoms with Crippen LogP contribution in [0.5, 0.6) is 0 Å². The van der Waals surface area contributed by atoms with Crippen molar-refractivity contribution in [3.05, 3.63) is 33.5 Å². The summed E-state index contributed by atoms with van der Waals surface area (Å²) in [5.41, 5.74) is 7.72. The van der Waals surface area contributed by atoms with Crippen molar-refractivity contribution < 1.29 is 4.39 Å². The number of hydrogen-bond donors (Lipinski definition) is 1. The van der Waals surface area contributed by atoms with Gasteiger partial charge in [0.1, 0.15) is 5.82 Å². The maximum Gasteiger partial charge on any atom is 0.128 e. The van der Waals surface area contributed by atoms with E-state index in [0.717, 1.165) is 33.5 Å². The zero-order valence-corrected chi connectivity index (χ0v) is 10.00. The predicted octanol–water partition coefficient (Wildman–Crippen LogP) is 3.22. The Bertz CT molecular complexity index is 356. The lowest BCUT2D eigenvalue weighted by atomic mass is 10.00. The minimum Gasteiger partial charge on any atom is -0.324 e. The molecule has 1 aliphatic rings. The van der Waals surface area contributed by atoms with Crippen molar-refractivity contribution in [2.45, 2.75) is 18.2 Å². The Kier molecular flexibility index (Phi) is 3.14. The van der Waals surface area contributed by atoms with Gasteiger partial charge in [-0.25, -0.2) is 4.39 Å². The fraction of sp³-hybridized carbons (Fsp3) is 0.400. The van der Waals surface area contributed by atoms with Crippen LogP contribution in [0.4, 0.5) is 4.39 Å². The fourth-order valence-corrected chi connectivity index (χ4v) is 3.17. The van der Waals surface area contributed by atoms with Gasteiger partial charge in [0.25, 0.3) is 0 Å². The topological polar surface area (TPSA) is 26.0 Å². The van der Waals surface area contributed by atoms with Gasteiger partial charge in [0.2, 0.25) is 0 Å². The first-order valence-electron chi connectivity index (χ1n) is 4.49. The van der Waals surface area contributed by atoms with Crippen LogP contribution in [0.25, 0.3) is 0 Å². The predicted molar refractivity (Wildman–Crippen MR) is 61.8 cm³/mol. The van der Waals surface area contributed by atoms with Gasteiger partial charge < -0.3 is 5.73 Å². The molecule has 1 unspecified atom stereocenters. The molecule has 1 heterocycles. The molecule has 1 atom stereocenters. The molecule has 0 aromatic heterocycles. The molecule has 0 aliphatic carbocycles. The van der Waals surface area contributed by atoms with Crippen LogP contribution in [0.1, 0.15) is 23.6 Å². The van der Waals surface area contributed by atoms with Gasteiger partial charge in [-0.2, -0.15) is 11.8 Å². The van der Waals surface area contributed by atoms with Crippen LogP contribution >= 0.6 is 27.7 Å². The molecular formula is C10H11BrFNS. The van der Waals surface area contributed by atoms with Crippen LogP contribution in [0.15, 0.2) is 16.6 Å². The second kappa shape index (κ2) is 4.21. The third kappa shape index (κ3) is 1.97. The van der Waals surface area contributed by atoms with E-state index in [4.69, 9.17) is 5.73 Å². The van der Waals surface area contributed by atoms with E-state index < -0.39 is 0 Å². The molecule has 1 nitrogen and oxygen atoms in total. The van der Waals surface area contributed by atoms with Crippen LogP contribution in [0.2, 0.25) is 0 Å². The monoisotopic (exact) mass is 275 g/mol. The van der Waals surface area contributed by atoms with Gasteiger partial charge >= 0.3 is 0 Å². The highest BCUT2D eigenvalue weighted by Crippen LogP contribution is 2.32. The lowest BCUT2D eigenvalue weighted by molar-refractivity contribution is 0.605. The molecule has 1 aliphatic heterocycles. The third-order valence-corrected chi connectivity index (χ3v) is 3.89. The zero-order chi connectivity index (χ0) is 10.1. The molecule has 0 saturated carbocycles. The molecule has 0 fully saturated rings. The number of fused-ring (bicyclic) bond motifs is 1. The van der Waals surface area contributed by atoms with Gasteiger partial charge in [0.15, 0.2) is 0 Å². The molecule has 0 spiro atoms. The minimum atomic E-state index is -0.140. The number of nitrogens with two attached hydrogens (primary N) is 1. The minimum absolute atomic E-state index is 0.0213. The summed E-state index contributed by atoms with van der Waals surface area (Å²) in [7, 11) is 0. The van der Waals surface area contributed by atoms with E-state index in [1.54, 1.807) is 11.8 Å². The molecule has 2 rings (SSSR count). The van der Waals surface area contributed by atoms with Crippen molar-refractivity contribution in [3.8, 4) is 0 Å². The highest BCUT2D eigenvalue weighted by atomic mass is 79.9. The molecule has 76 valence electrons. The van der Waals surface area contributed by atoms with E-state index in [1.807, 2.05) is 6.07 Å². The third-order valence-electron chi connectivity index (χ3n) is 2.41. The first kappa shape index (κ1) is 10.5. The van der Waals surface area contributed by atoms with Crippen LogP contribution in [0.3, 0.4) is 0 Å². The Hall–Kier alpha value is -0.0600. The highest BCUT2D eigenvalue weighted by Gasteiger charge is 2.19. The van der Waals surface area contributed by atoms with Crippen molar-refractivity contribution in [3.63, 3.8) is 0 Å². The van der Waals surface area contributed by atoms with Gasteiger partial charge in [-0.15, -0.1) is 0 Å². The van der Waals surface area contributed by atoms with Crippen molar-refractivity contribution in [2.75, 3.05) is 5.75 Å². The number of hydrogen-bond acceptors (Lipinski definition) is 2. The Morgan fingerprint density at radius 2 is 2.29 bits per heavy atom. The normalized spacial score (nSPS) is 21.5. The quantitative estimate of drug-likeness (QED) is 0.787. The molecule has 0 saturated heterocycles. The highest BCUT2D eigenvalue weighted by molar-refractivity contribution is 9.10. The molecule has 14 heavy (non-hydrogen) atoms. The Morgan fingerprint density at radius 1 is 1.50 bits per heavy atom. The van der Waals surface area contributed by atoms with E-state index in [-0.39, 0.29) is 11.9 Å². The van der Waals surface area contributed by atoms with Gasteiger partial charge in [0, 0.05) is 21.8 Å².